The van der Waals surface area contributed by atoms with Gasteiger partial charge in [-0.05, 0) is 26.3 Å². The number of rotatable bonds is 5. The van der Waals surface area contributed by atoms with Gasteiger partial charge in [0.05, 0.1) is 25.0 Å². The Bertz CT molecular complexity index is 541. The molecule has 1 unspecified atom stereocenters. The Morgan fingerprint density at radius 2 is 2.10 bits per heavy atom. The van der Waals surface area contributed by atoms with Gasteiger partial charge in [0.2, 0.25) is 5.91 Å². The summed E-state index contributed by atoms with van der Waals surface area (Å²) in [5.74, 6) is -1.30. The lowest BCUT2D eigenvalue weighted by atomic mass is 10.0. The Hall–Kier alpha value is -2.04. The van der Waals surface area contributed by atoms with Gasteiger partial charge in [-0.3, -0.25) is 9.59 Å². The fourth-order valence-electron chi connectivity index (χ4n) is 2.35. The highest BCUT2D eigenvalue weighted by Gasteiger charge is 2.48. The first kappa shape index (κ1) is 14.4. The van der Waals surface area contributed by atoms with E-state index in [0.717, 1.165) is 11.1 Å². The second kappa shape index (κ2) is 5.53. The van der Waals surface area contributed by atoms with Gasteiger partial charge in [-0.1, -0.05) is 17.7 Å². The maximum Gasteiger partial charge on any atom is 0.307 e. The van der Waals surface area contributed by atoms with E-state index in [2.05, 4.69) is 5.32 Å². The predicted molar refractivity (Wildman–Crippen MR) is 73.5 cm³/mol. The number of aryl methyl sites for hydroxylation is 1. The molecule has 0 aliphatic heterocycles. The van der Waals surface area contributed by atoms with Gasteiger partial charge in [0.1, 0.15) is 5.75 Å². The van der Waals surface area contributed by atoms with Crippen LogP contribution in [0.3, 0.4) is 0 Å². The van der Waals surface area contributed by atoms with Crippen molar-refractivity contribution in [2.24, 2.45) is 11.8 Å². The molecular weight excluding hydrogens is 258 g/mol. The van der Waals surface area contributed by atoms with Crippen molar-refractivity contribution in [2.75, 3.05) is 7.11 Å². The molecule has 2 rings (SSSR count). The Labute approximate surface area is 117 Å². The van der Waals surface area contributed by atoms with Crippen molar-refractivity contribution in [3.05, 3.63) is 29.3 Å². The molecule has 1 amide bonds. The van der Waals surface area contributed by atoms with Crippen LogP contribution in [0.25, 0.3) is 0 Å². The lowest BCUT2D eigenvalue weighted by Gasteiger charge is -2.18. The average molecular weight is 277 g/mol. The standard InChI is InChI=1S/C15H19NO4/c1-8-4-5-13(20-3)10(6-8)9(2)16-14(17)11-7-12(11)15(18)19/h4-6,9,11-12H,7H2,1-3H3,(H,16,17)(H,18,19)/t9?,11-,12+/m1/s1. The van der Waals surface area contributed by atoms with Gasteiger partial charge >= 0.3 is 5.97 Å². The topological polar surface area (TPSA) is 75.6 Å². The molecule has 5 nitrogen and oxygen atoms in total. The molecule has 0 bridgehead atoms. The smallest absolute Gasteiger partial charge is 0.307 e. The third-order valence-corrected chi connectivity index (χ3v) is 3.65. The van der Waals surface area contributed by atoms with Crippen LogP contribution in [0.4, 0.5) is 0 Å². The molecule has 1 aromatic carbocycles. The van der Waals surface area contributed by atoms with E-state index >= 15 is 0 Å². The Balaban J connectivity index is 2.05. The molecule has 3 atom stereocenters. The number of carbonyl (C=O) groups excluding carboxylic acids is 1. The minimum absolute atomic E-state index is 0.201. The molecule has 0 radical (unpaired) electrons. The second-order valence-electron chi connectivity index (χ2n) is 5.26. The summed E-state index contributed by atoms with van der Waals surface area (Å²) in [7, 11) is 1.59. The van der Waals surface area contributed by atoms with Crippen LogP contribution in [-0.2, 0) is 9.59 Å². The van der Waals surface area contributed by atoms with Crippen molar-refractivity contribution in [3.63, 3.8) is 0 Å². The molecule has 20 heavy (non-hydrogen) atoms. The molecule has 1 fully saturated rings. The predicted octanol–water partition coefficient (Wildman–Crippen LogP) is 1.90. The molecule has 0 aromatic heterocycles. The summed E-state index contributed by atoms with van der Waals surface area (Å²) in [6, 6.07) is 5.56. The summed E-state index contributed by atoms with van der Waals surface area (Å²) < 4.78 is 5.29. The number of benzene rings is 1. The van der Waals surface area contributed by atoms with Crippen LogP contribution in [0, 0.1) is 18.8 Å². The van der Waals surface area contributed by atoms with E-state index in [1.54, 1.807) is 7.11 Å². The van der Waals surface area contributed by atoms with E-state index in [-0.39, 0.29) is 11.9 Å². The van der Waals surface area contributed by atoms with Crippen LogP contribution in [-0.4, -0.2) is 24.1 Å². The highest BCUT2D eigenvalue weighted by molar-refractivity contribution is 5.89. The molecule has 5 heteroatoms. The fourth-order valence-corrected chi connectivity index (χ4v) is 2.35. The van der Waals surface area contributed by atoms with Gasteiger partial charge in [0.15, 0.2) is 0 Å². The fraction of sp³-hybridized carbons (Fsp3) is 0.467. The van der Waals surface area contributed by atoms with E-state index in [0.29, 0.717) is 12.2 Å². The van der Waals surface area contributed by atoms with Gasteiger partial charge in [0.25, 0.3) is 0 Å². The number of amides is 1. The largest absolute Gasteiger partial charge is 0.496 e. The van der Waals surface area contributed by atoms with Gasteiger partial charge in [-0.15, -0.1) is 0 Å². The average Bonchev–Trinajstić information content (AvgIpc) is 3.18. The molecule has 0 heterocycles. The lowest BCUT2D eigenvalue weighted by molar-refractivity contribution is -0.140. The van der Waals surface area contributed by atoms with E-state index in [4.69, 9.17) is 9.84 Å². The maximum atomic E-state index is 12.0. The summed E-state index contributed by atoms with van der Waals surface area (Å²) in [4.78, 5) is 22.8. The second-order valence-corrected chi connectivity index (χ2v) is 5.26. The Morgan fingerprint density at radius 1 is 1.40 bits per heavy atom. The monoisotopic (exact) mass is 277 g/mol. The number of methoxy groups -OCH3 is 1. The van der Waals surface area contributed by atoms with Crippen LogP contribution in [0.2, 0.25) is 0 Å². The third-order valence-electron chi connectivity index (χ3n) is 3.65. The Kier molecular flexibility index (Phi) is 3.97. The zero-order valence-electron chi connectivity index (χ0n) is 11.8. The highest BCUT2D eigenvalue weighted by Crippen LogP contribution is 2.39. The van der Waals surface area contributed by atoms with Crippen molar-refractivity contribution in [1.29, 1.82) is 0 Å². The van der Waals surface area contributed by atoms with E-state index < -0.39 is 17.8 Å². The lowest BCUT2D eigenvalue weighted by Crippen LogP contribution is -2.29. The number of aliphatic carboxylic acids is 1. The number of hydrogen-bond donors (Lipinski definition) is 2. The molecule has 1 aromatic rings. The SMILES string of the molecule is COc1ccc(C)cc1C(C)NC(=O)[C@@H]1C[C@@H]1C(=O)O. The number of ether oxygens (including phenoxy) is 1. The van der Waals surface area contributed by atoms with E-state index in [9.17, 15) is 9.59 Å². The molecular formula is C15H19NO4. The van der Waals surface area contributed by atoms with Crippen molar-refractivity contribution in [3.8, 4) is 5.75 Å². The number of hydrogen-bond acceptors (Lipinski definition) is 3. The molecule has 1 aliphatic carbocycles. The van der Waals surface area contributed by atoms with Crippen LogP contribution in [0.1, 0.15) is 30.5 Å². The molecule has 108 valence electrons. The van der Waals surface area contributed by atoms with Crippen molar-refractivity contribution < 1.29 is 19.4 Å². The normalized spacial score (nSPS) is 21.9. The van der Waals surface area contributed by atoms with Gasteiger partial charge < -0.3 is 15.2 Å². The highest BCUT2D eigenvalue weighted by atomic mass is 16.5. The minimum Gasteiger partial charge on any atom is -0.496 e. The molecule has 0 spiro atoms. The van der Waals surface area contributed by atoms with Crippen molar-refractivity contribution in [1.82, 2.24) is 5.32 Å². The summed E-state index contributed by atoms with van der Waals surface area (Å²) in [6.07, 6.45) is 0.429. The molecule has 0 saturated heterocycles. The van der Waals surface area contributed by atoms with Crippen molar-refractivity contribution >= 4 is 11.9 Å². The number of nitrogens with one attached hydrogen (secondary N) is 1. The number of carbonyl (C=O) groups is 2. The zero-order valence-corrected chi connectivity index (χ0v) is 11.8. The third kappa shape index (κ3) is 2.92. The molecule has 2 N–H and O–H groups in total. The first-order valence-corrected chi connectivity index (χ1v) is 6.61. The van der Waals surface area contributed by atoms with Crippen LogP contribution in [0.15, 0.2) is 18.2 Å². The molecule has 1 saturated carbocycles. The summed E-state index contributed by atoms with van der Waals surface area (Å²) in [6.45, 7) is 3.84. The zero-order chi connectivity index (χ0) is 14.9. The van der Waals surface area contributed by atoms with Crippen LogP contribution < -0.4 is 10.1 Å². The number of carboxylic acid groups (broad SMARTS) is 1. The Morgan fingerprint density at radius 3 is 2.65 bits per heavy atom. The van der Waals surface area contributed by atoms with E-state index in [1.165, 1.54) is 0 Å². The van der Waals surface area contributed by atoms with Crippen LogP contribution >= 0.6 is 0 Å². The van der Waals surface area contributed by atoms with Gasteiger partial charge in [0, 0.05) is 5.56 Å². The van der Waals surface area contributed by atoms with E-state index in [1.807, 2.05) is 32.0 Å². The summed E-state index contributed by atoms with van der Waals surface area (Å²) in [5, 5.41) is 11.7. The molecule has 1 aliphatic rings. The summed E-state index contributed by atoms with van der Waals surface area (Å²) >= 11 is 0. The maximum absolute atomic E-state index is 12.0. The quantitative estimate of drug-likeness (QED) is 0.862. The summed E-state index contributed by atoms with van der Waals surface area (Å²) in [5.41, 5.74) is 1.98. The van der Waals surface area contributed by atoms with Gasteiger partial charge in [-0.25, -0.2) is 0 Å². The van der Waals surface area contributed by atoms with Crippen LogP contribution in [0.5, 0.6) is 5.75 Å². The number of carboxylic acids is 1. The first-order chi connectivity index (χ1) is 9.43. The first-order valence-electron chi connectivity index (χ1n) is 6.61. The van der Waals surface area contributed by atoms with Gasteiger partial charge in [-0.2, -0.15) is 0 Å². The van der Waals surface area contributed by atoms with Crippen molar-refractivity contribution in [2.45, 2.75) is 26.3 Å². The minimum atomic E-state index is -0.897.